The van der Waals surface area contributed by atoms with Crippen LogP contribution in [0.3, 0.4) is 0 Å². The van der Waals surface area contributed by atoms with E-state index < -0.39 is 24.3 Å². The van der Waals surface area contributed by atoms with E-state index in [1.54, 1.807) is 30.4 Å². The van der Waals surface area contributed by atoms with E-state index in [1.165, 1.54) is 0 Å². The number of allylic oxidation sites excluding steroid dienone is 1. The molecule has 1 aromatic rings. The zero-order chi connectivity index (χ0) is 17.0. The van der Waals surface area contributed by atoms with Gasteiger partial charge in [0, 0.05) is 11.3 Å². The number of ether oxygens (including phenoxy) is 1. The van der Waals surface area contributed by atoms with Gasteiger partial charge >= 0.3 is 0 Å². The summed E-state index contributed by atoms with van der Waals surface area (Å²) in [5, 5.41) is -0.538. The molecule has 0 spiro atoms. The highest BCUT2D eigenvalue weighted by Crippen LogP contribution is 2.34. The Hall–Kier alpha value is -1.59. The van der Waals surface area contributed by atoms with Crippen LogP contribution >= 0.6 is 23.2 Å². The van der Waals surface area contributed by atoms with Gasteiger partial charge in [-0.15, -0.1) is 11.6 Å². The Bertz CT molecular complexity index is 635. The van der Waals surface area contributed by atoms with Gasteiger partial charge in [-0.05, 0) is 24.6 Å². The van der Waals surface area contributed by atoms with Crippen LogP contribution in [0.15, 0.2) is 36.9 Å². The molecule has 1 amide bonds. The minimum Gasteiger partial charge on any atom is -0.490 e. The number of halogens is 4. The summed E-state index contributed by atoms with van der Waals surface area (Å²) in [4.78, 5) is 13.1. The maximum Gasteiger partial charge on any atom is 0.256 e. The van der Waals surface area contributed by atoms with Gasteiger partial charge in [-0.3, -0.25) is 4.79 Å². The van der Waals surface area contributed by atoms with Gasteiger partial charge in [0.2, 0.25) is 5.91 Å². The second-order valence-corrected chi connectivity index (χ2v) is 5.81. The maximum atomic E-state index is 12.8. The molecule has 1 aliphatic rings. The summed E-state index contributed by atoms with van der Waals surface area (Å²) in [5.74, 6) is -0.0236. The number of carbonyl (C=O) groups excluding carboxylic acids is 1. The third-order valence-corrected chi connectivity index (χ3v) is 3.93. The highest BCUT2D eigenvalue weighted by atomic mass is 35.5. The molecule has 1 heterocycles. The van der Waals surface area contributed by atoms with Crippen molar-refractivity contribution in [3.05, 3.63) is 47.5 Å². The van der Waals surface area contributed by atoms with E-state index in [0.29, 0.717) is 28.6 Å². The van der Waals surface area contributed by atoms with Gasteiger partial charge in [-0.1, -0.05) is 30.3 Å². The topological polar surface area (TPSA) is 29.5 Å². The minimum atomic E-state index is -2.67. The smallest absolute Gasteiger partial charge is 0.256 e. The van der Waals surface area contributed by atoms with Crippen molar-refractivity contribution in [1.82, 2.24) is 4.90 Å². The third-order valence-electron chi connectivity index (χ3n) is 3.25. The SMILES string of the molecule is C=CCOc1ccc(C2=CCC(Cl)C(=O)N2CC(F)F)c(Cl)c1. The fourth-order valence-electron chi connectivity index (χ4n) is 2.24. The van der Waals surface area contributed by atoms with E-state index in [2.05, 4.69) is 6.58 Å². The van der Waals surface area contributed by atoms with Crippen molar-refractivity contribution < 1.29 is 18.3 Å². The summed E-state index contributed by atoms with van der Waals surface area (Å²) in [6.07, 6.45) is 0.834. The molecule has 1 unspecified atom stereocenters. The van der Waals surface area contributed by atoms with Gasteiger partial charge in [0.05, 0.1) is 11.6 Å². The van der Waals surface area contributed by atoms with Crippen molar-refractivity contribution in [3.8, 4) is 5.75 Å². The molecule has 0 saturated carbocycles. The Kier molecular flexibility index (Phi) is 6.02. The first-order valence-corrected chi connectivity index (χ1v) is 7.73. The molecule has 0 fully saturated rings. The quantitative estimate of drug-likeness (QED) is 0.556. The first kappa shape index (κ1) is 17.8. The van der Waals surface area contributed by atoms with Gasteiger partial charge in [0.25, 0.3) is 6.43 Å². The van der Waals surface area contributed by atoms with Gasteiger partial charge in [0.1, 0.15) is 17.7 Å². The van der Waals surface area contributed by atoms with Crippen molar-refractivity contribution in [1.29, 1.82) is 0 Å². The van der Waals surface area contributed by atoms with Crippen LogP contribution in [0.5, 0.6) is 5.75 Å². The second-order valence-electron chi connectivity index (χ2n) is 4.87. The Balaban J connectivity index is 2.34. The number of amides is 1. The van der Waals surface area contributed by atoms with E-state index in [9.17, 15) is 13.6 Å². The van der Waals surface area contributed by atoms with Crippen LogP contribution < -0.4 is 4.74 Å². The largest absolute Gasteiger partial charge is 0.490 e. The number of carbonyl (C=O) groups is 1. The Labute approximate surface area is 143 Å². The summed E-state index contributed by atoms with van der Waals surface area (Å²) >= 11 is 12.1. The molecule has 3 nitrogen and oxygen atoms in total. The van der Waals surface area contributed by atoms with E-state index in [0.717, 1.165) is 4.90 Å². The third kappa shape index (κ3) is 4.24. The van der Waals surface area contributed by atoms with Crippen LogP contribution in [0.2, 0.25) is 5.02 Å². The fraction of sp³-hybridized carbons (Fsp3) is 0.312. The average molecular weight is 362 g/mol. The van der Waals surface area contributed by atoms with Crippen LogP contribution in [-0.4, -0.2) is 35.8 Å². The molecule has 0 bridgehead atoms. The van der Waals surface area contributed by atoms with Crippen LogP contribution in [-0.2, 0) is 4.79 Å². The second kappa shape index (κ2) is 7.79. The molecule has 0 N–H and O–H groups in total. The molecule has 124 valence electrons. The van der Waals surface area contributed by atoms with Crippen molar-refractivity contribution in [3.63, 3.8) is 0 Å². The summed E-state index contributed by atoms with van der Waals surface area (Å²) < 4.78 is 30.9. The average Bonchev–Trinajstić information content (AvgIpc) is 2.50. The molecule has 0 saturated heterocycles. The summed E-state index contributed by atoms with van der Waals surface area (Å²) in [7, 11) is 0. The van der Waals surface area contributed by atoms with E-state index in [-0.39, 0.29) is 6.42 Å². The summed E-state index contributed by atoms with van der Waals surface area (Å²) in [6, 6.07) is 4.86. The summed E-state index contributed by atoms with van der Waals surface area (Å²) in [5.41, 5.74) is 0.822. The van der Waals surface area contributed by atoms with Gasteiger partial charge in [0.15, 0.2) is 0 Å². The van der Waals surface area contributed by atoms with Crippen molar-refractivity contribution in [2.24, 2.45) is 0 Å². The monoisotopic (exact) mass is 361 g/mol. The van der Waals surface area contributed by atoms with Gasteiger partial charge < -0.3 is 9.64 Å². The van der Waals surface area contributed by atoms with Crippen LogP contribution in [0.4, 0.5) is 8.78 Å². The Morgan fingerprint density at radius 1 is 1.48 bits per heavy atom. The molecule has 23 heavy (non-hydrogen) atoms. The lowest BCUT2D eigenvalue weighted by Gasteiger charge is -2.31. The lowest BCUT2D eigenvalue weighted by atomic mass is 10.0. The van der Waals surface area contributed by atoms with E-state index >= 15 is 0 Å². The van der Waals surface area contributed by atoms with Crippen molar-refractivity contribution in [2.45, 2.75) is 18.2 Å². The summed E-state index contributed by atoms with van der Waals surface area (Å²) in [6.45, 7) is 3.15. The standard InChI is InChI=1S/C16H15Cl2F2NO2/c1-2-7-23-10-3-4-11(13(18)8-10)14-6-5-12(17)16(22)21(14)9-15(19)20/h2-4,6,8,12,15H,1,5,7,9H2. The highest BCUT2D eigenvalue weighted by molar-refractivity contribution is 6.33. The van der Waals surface area contributed by atoms with Crippen LogP contribution in [0, 0.1) is 0 Å². The molecule has 0 radical (unpaired) electrons. The number of benzene rings is 1. The van der Waals surface area contributed by atoms with Crippen LogP contribution in [0.25, 0.3) is 5.70 Å². The molecule has 1 aromatic carbocycles. The highest BCUT2D eigenvalue weighted by Gasteiger charge is 2.32. The molecule has 0 aromatic heterocycles. The zero-order valence-corrected chi connectivity index (χ0v) is 13.7. The maximum absolute atomic E-state index is 12.8. The number of hydrogen-bond acceptors (Lipinski definition) is 2. The lowest BCUT2D eigenvalue weighted by Crippen LogP contribution is -2.41. The van der Waals surface area contributed by atoms with Crippen molar-refractivity contribution >= 4 is 34.8 Å². The van der Waals surface area contributed by atoms with E-state index in [1.807, 2.05) is 0 Å². The predicted molar refractivity (Wildman–Crippen MR) is 87.1 cm³/mol. The molecular formula is C16H15Cl2F2NO2. The molecule has 1 aliphatic heterocycles. The van der Waals surface area contributed by atoms with Crippen LogP contribution in [0.1, 0.15) is 12.0 Å². The molecule has 2 rings (SSSR count). The number of hydrogen-bond donors (Lipinski definition) is 0. The Morgan fingerprint density at radius 3 is 2.83 bits per heavy atom. The first-order chi connectivity index (χ1) is 10.9. The fourth-order valence-corrected chi connectivity index (χ4v) is 2.72. The first-order valence-electron chi connectivity index (χ1n) is 6.91. The van der Waals surface area contributed by atoms with E-state index in [4.69, 9.17) is 27.9 Å². The Morgan fingerprint density at radius 2 is 2.22 bits per heavy atom. The number of nitrogens with zero attached hydrogens (tertiary/aromatic N) is 1. The molecule has 1 atom stereocenters. The molecule has 0 aliphatic carbocycles. The zero-order valence-electron chi connectivity index (χ0n) is 12.1. The minimum absolute atomic E-state index is 0.264. The van der Waals surface area contributed by atoms with Gasteiger partial charge in [-0.2, -0.15) is 0 Å². The predicted octanol–water partition coefficient (Wildman–Crippen LogP) is 4.35. The molecular weight excluding hydrogens is 347 g/mol. The molecule has 7 heteroatoms. The number of alkyl halides is 3. The lowest BCUT2D eigenvalue weighted by molar-refractivity contribution is -0.129. The van der Waals surface area contributed by atoms with Gasteiger partial charge in [-0.25, -0.2) is 8.78 Å². The normalized spacial score (nSPS) is 18.1. The number of rotatable bonds is 6. The van der Waals surface area contributed by atoms with Crippen molar-refractivity contribution in [2.75, 3.05) is 13.2 Å².